The number of imidazole rings is 1. The van der Waals surface area contributed by atoms with E-state index in [1.807, 2.05) is 30.7 Å². The Hall–Kier alpha value is -2.54. The van der Waals surface area contributed by atoms with E-state index in [1.165, 1.54) is 0 Å². The maximum Gasteiger partial charge on any atom is 0.142 e. The van der Waals surface area contributed by atoms with Crippen LogP contribution >= 0.6 is 15.9 Å². The SMILES string of the molecule is CCn1c(-c2cncc(Cn3ccnn3)c2)nc2ccc(Br)cc21. The van der Waals surface area contributed by atoms with Crippen LogP contribution in [0.15, 0.2) is 53.5 Å². The monoisotopic (exact) mass is 382 g/mol. The van der Waals surface area contributed by atoms with E-state index in [2.05, 4.69) is 54.8 Å². The molecule has 120 valence electrons. The van der Waals surface area contributed by atoms with Crippen LogP contribution in [-0.4, -0.2) is 29.5 Å². The maximum atomic E-state index is 4.80. The van der Waals surface area contributed by atoms with E-state index < -0.39 is 0 Å². The molecule has 0 unspecified atom stereocenters. The molecule has 6 nitrogen and oxygen atoms in total. The maximum absolute atomic E-state index is 4.80. The Labute approximate surface area is 147 Å². The highest BCUT2D eigenvalue weighted by Gasteiger charge is 2.13. The van der Waals surface area contributed by atoms with Crippen molar-refractivity contribution >= 4 is 27.0 Å². The van der Waals surface area contributed by atoms with Crippen LogP contribution in [0.25, 0.3) is 22.4 Å². The van der Waals surface area contributed by atoms with Gasteiger partial charge in [0.25, 0.3) is 0 Å². The summed E-state index contributed by atoms with van der Waals surface area (Å²) in [5.41, 5.74) is 4.16. The van der Waals surface area contributed by atoms with Crippen LogP contribution in [0.4, 0.5) is 0 Å². The van der Waals surface area contributed by atoms with E-state index in [-0.39, 0.29) is 0 Å². The number of aromatic nitrogens is 6. The fraction of sp³-hybridized carbons (Fsp3) is 0.176. The summed E-state index contributed by atoms with van der Waals surface area (Å²) < 4.78 is 5.03. The van der Waals surface area contributed by atoms with Crippen molar-refractivity contribution in [2.24, 2.45) is 0 Å². The summed E-state index contributed by atoms with van der Waals surface area (Å²) in [4.78, 5) is 9.18. The van der Waals surface area contributed by atoms with Gasteiger partial charge in [-0.25, -0.2) is 9.67 Å². The molecule has 0 aliphatic rings. The predicted molar refractivity (Wildman–Crippen MR) is 95.5 cm³/mol. The van der Waals surface area contributed by atoms with E-state index in [4.69, 9.17) is 4.98 Å². The van der Waals surface area contributed by atoms with Gasteiger partial charge in [-0.15, -0.1) is 5.10 Å². The number of halogens is 1. The van der Waals surface area contributed by atoms with Crippen LogP contribution in [0.5, 0.6) is 0 Å². The van der Waals surface area contributed by atoms with Gasteiger partial charge in [0.1, 0.15) is 5.82 Å². The van der Waals surface area contributed by atoms with E-state index in [1.54, 1.807) is 10.9 Å². The standard InChI is InChI=1S/C17H15BrN6/c1-2-24-16-8-14(18)3-4-15(16)21-17(24)13-7-12(9-19-10-13)11-23-6-5-20-22-23/h3-10H,2,11H2,1H3. The molecular weight excluding hydrogens is 368 g/mol. The minimum absolute atomic E-state index is 0.638. The molecule has 0 amide bonds. The fourth-order valence-corrected chi connectivity index (χ4v) is 3.19. The summed E-state index contributed by atoms with van der Waals surface area (Å²) in [6.07, 6.45) is 7.21. The van der Waals surface area contributed by atoms with E-state index in [0.29, 0.717) is 6.54 Å². The second kappa shape index (κ2) is 6.16. The Morgan fingerprint density at radius 1 is 1.17 bits per heavy atom. The smallest absolute Gasteiger partial charge is 0.142 e. The molecule has 1 aromatic carbocycles. The minimum atomic E-state index is 0.638. The lowest BCUT2D eigenvalue weighted by molar-refractivity contribution is 0.648. The van der Waals surface area contributed by atoms with Crippen LogP contribution in [0, 0.1) is 0 Å². The lowest BCUT2D eigenvalue weighted by Crippen LogP contribution is -2.02. The number of hydrogen-bond donors (Lipinski definition) is 0. The zero-order chi connectivity index (χ0) is 16.5. The summed E-state index contributed by atoms with van der Waals surface area (Å²) >= 11 is 3.54. The molecule has 4 rings (SSSR count). The molecule has 3 aromatic heterocycles. The van der Waals surface area contributed by atoms with Crippen molar-refractivity contribution in [3.05, 3.63) is 59.1 Å². The second-order valence-corrected chi connectivity index (χ2v) is 6.41. The lowest BCUT2D eigenvalue weighted by atomic mass is 10.2. The third kappa shape index (κ3) is 2.71. The highest BCUT2D eigenvalue weighted by Crippen LogP contribution is 2.27. The number of rotatable bonds is 4. The number of fused-ring (bicyclic) bond motifs is 1. The van der Waals surface area contributed by atoms with Gasteiger partial charge in [-0.2, -0.15) is 0 Å². The Morgan fingerprint density at radius 3 is 2.88 bits per heavy atom. The van der Waals surface area contributed by atoms with Gasteiger partial charge in [0.05, 0.1) is 23.8 Å². The largest absolute Gasteiger partial charge is 0.324 e. The van der Waals surface area contributed by atoms with Gasteiger partial charge in [0.2, 0.25) is 0 Å². The minimum Gasteiger partial charge on any atom is -0.324 e. The van der Waals surface area contributed by atoms with Gasteiger partial charge in [-0.1, -0.05) is 21.1 Å². The van der Waals surface area contributed by atoms with E-state index in [9.17, 15) is 0 Å². The van der Waals surface area contributed by atoms with Crippen molar-refractivity contribution in [1.29, 1.82) is 0 Å². The molecule has 0 N–H and O–H groups in total. The van der Waals surface area contributed by atoms with Crippen LogP contribution < -0.4 is 0 Å². The summed E-state index contributed by atoms with van der Waals surface area (Å²) in [6, 6.07) is 8.25. The molecule has 4 aromatic rings. The first kappa shape index (κ1) is 15.0. The normalized spacial score (nSPS) is 11.2. The zero-order valence-corrected chi connectivity index (χ0v) is 14.7. The summed E-state index contributed by atoms with van der Waals surface area (Å²) in [6.45, 7) is 3.60. The second-order valence-electron chi connectivity index (χ2n) is 5.50. The van der Waals surface area contributed by atoms with Crippen LogP contribution in [0.1, 0.15) is 12.5 Å². The molecule has 0 saturated carbocycles. The Morgan fingerprint density at radius 2 is 2.08 bits per heavy atom. The van der Waals surface area contributed by atoms with Gasteiger partial charge >= 0.3 is 0 Å². The summed E-state index contributed by atoms with van der Waals surface area (Å²) in [7, 11) is 0. The first-order valence-corrected chi connectivity index (χ1v) is 8.48. The fourth-order valence-electron chi connectivity index (χ4n) is 2.84. The third-order valence-electron chi connectivity index (χ3n) is 3.90. The lowest BCUT2D eigenvalue weighted by Gasteiger charge is -2.08. The molecule has 0 radical (unpaired) electrons. The number of nitrogens with zero attached hydrogens (tertiary/aromatic N) is 6. The van der Waals surface area contributed by atoms with E-state index >= 15 is 0 Å². The van der Waals surface area contributed by atoms with Gasteiger partial charge in [-0.05, 0) is 36.8 Å². The molecule has 7 heteroatoms. The average molecular weight is 383 g/mol. The van der Waals surface area contributed by atoms with Crippen molar-refractivity contribution in [3.63, 3.8) is 0 Å². The molecule has 0 spiro atoms. The summed E-state index contributed by atoms with van der Waals surface area (Å²) in [5.74, 6) is 0.929. The quantitative estimate of drug-likeness (QED) is 0.541. The van der Waals surface area contributed by atoms with Crippen molar-refractivity contribution < 1.29 is 0 Å². The topological polar surface area (TPSA) is 61.4 Å². The first-order chi connectivity index (χ1) is 11.7. The molecule has 3 heterocycles. The van der Waals surface area contributed by atoms with E-state index in [0.717, 1.165) is 39.0 Å². The van der Waals surface area contributed by atoms with Crippen LogP contribution in [-0.2, 0) is 13.1 Å². The Kier molecular flexibility index (Phi) is 3.86. The van der Waals surface area contributed by atoms with Crippen molar-refractivity contribution in [1.82, 2.24) is 29.5 Å². The van der Waals surface area contributed by atoms with Crippen molar-refractivity contribution in [2.45, 2.75) is 20.0 Å². The molecule has 0 aliphatic carbocycles. The van der Waals surface area contributed by atoms with Gasteiger partial charge < -0.3 is 4.57 Å². The zero-order valence-electron chi connectivity index (χ0n) is 13.1. The Bertz CT molecular complexity index is 990. The molecule has 0 fully saturated rings. The number of hydrogen-bond acceptors (Lipinski definition) is 4. The third-order valence-corrected chi connectivity index (χ3v) is 4.39. The van der Waals surface area contributed by atoms with Crippen molar-refractivity contribution in [3.8, 4) is 11.4 Å². The molecule has 24 heavy (non-hydrogen) atoms. The summed E-state index contributed by atoms with van der Waals surface area (Å²) in [5, 5.41) is 7.84. The molecule has 0 aliphatic heterocycles. The van der Waals surface area contributed by atoms with Crippen LogP contribution in [0.3, 0.4) is 0 Å². The van der Waals surface area contributed by atoms with Crippen LogP contribution in [0.2, 0.25) is 0 Å². The number of benzene rings is 1. The molecule has 0 bridgehead atoms. The highest BCUT2D eigenvalue weighted by molar-refractivity contribution is 9.10. The molecule has 0 atom stereocenters. The van der Waals surface area contributed by atoms with Gasteiger partial charge in [0.15, 0.2) is 0 Å². The molecule has 0 saturated heterocycles. The Balaban J connectivity index is 1.79. The van der Waals surface area contributed by atoms with Gasteiger partial charge in [-0.3, -0.25) is 4.98 Å². The predicted octanol–water partition coefficient (Wildman–Crippen LogP) is 3.52. The van der Waals surface area contributed by atoms with Crippen molar-refractivity contribution in [2.75, 3.05) is 0 Å². The molecular formula is C17H15BrN6. The highest BCUT2D eigenvalue weighted by atomic mass is 79.9. The number of pyridine rings is 1. The van der Waals surface area contributed by atoms with Gasteiger partial charge in [0, 0.05) is 35.2 Å². The average Bonchev–Trinajstić information content (AvgIpc) is 3.22. The first-order valence-electron chi connectivity index (χ1n) is 7.69. The number of aryl methyl sites for hydroxylation is 1.